The number of halogens is 1. The SMILES string of the molecule is Cc1c(C(=O)O)sc2nc(-c3csc(Cl)c3)cn12. The molecule has 0 spiro atoms. The summed E-state index contributed by atoms with van der Waals surface area (Å²) in [5.41, 5.74) is 2.46. The smallest absolute Gasteiger partial charge is 0.347 e. The number of thiophene rings is 1. The predicted molar refractivity (Wildman–Crippen MR) is 73.1 cm³/mol. The maximum atomic E-state index is 11.0. The number of aromatic carboxylic acids is 1. The zero-order valence-corrected chi connectivity index (χ0v) is 11.6. The first-order valence-corrected chi connectivity index (χ1v) is 7.10. The first-order valence-electron chi connectivity index (χ1n) is 5.02. The first-order chi connectivity index (χ1) is 8.56. The maximum Gasteiger partial charge on any atom is 0.347 e. The lowest BCUT2D eigenvalue weighted by atomic mass is 10.3. The van der Waals surface area contributed by atoms with Gasteiger partial charge in [-0.1, -0.05) is 22.9 Å². The van der Waals surface area contributed by atoms with Gasteiger partial charge in [-0.3, -0.25) is 4.40 Å². The van der Waals surface area contributed by atoms with Crippen molar-refractivity contribution in [2.45, 2.75) is 6.92 Å². The summed E-state index contributed by atoms with van der Waals surface area (Å²) in [4.78, 5) is 16.4. The summed E-state index contributed by atoms with van der Waals surface area (Å²) in [7, 11) is 0. The number of nitrogens with zero attached hydrogens (tertiary/aromatic N) is 2. The van der Waals surface area contributed by atoms with Crippen LogP contribution in [0.2, 0.25) is 4.34 Å². The van der Waals surface area contributed by atoms with Crippen LogP contribution in [0.25, 0.3) is 16.2 Å². The number of hydrogen-bond acceptors (Lipinski definition) is 4. The molecule has 1 N–H and O–H groups in total. The molecule has 0 unspecified atom stereocenters. The largest absolute Gasteiger partial charge is 0.477 e. The molecular weight excluding hydrogens is 292 g/mol. The minimum absolute atomic E-state index is 0.326. The summed E-state index contributed by atoms with van der Waals surface area (Å²) in [6.45, 7) is 1.78. The van der Waals surface area contributed by atoms with Gasteiger partial charge in [-0.05, 0) is 13.0 Å². The Labute approximate surface area is 115 Å². The normalized spacial score (nSPS) is 11.2. The van der Waals surface area contributed by atoms with Gasteiger partial charge in [0.2, 0.25) is 0 Å². The summed E-state index contributed by atoms with van der Waals surface area (Å²) in [5, 5.41) is 11.0. The van der Waals surface area contributed by atoms with Gasteiger partial charge in [0.05, 0.1) is 10.0 Å². The Bertz CT molecular complexity index is 756. The average molecular weight is 299 g/mol. The van der Waals surface area contributed by atoms with E-state index in [2.05, 4.69) is 4.98 Å². The van der Waals surface area contributed by atoms with Crippen LogP contribution in [-0.4, -0.2) is 20.5 Å². The standard InChI is InChI=1S/C11H7ClN2O2S2/c1-5-9(10(15)16)18-11-13-7(3-14(5)11)6-2-8(12)17-4-6/h2-4H,1H3,(H,15,16). The predicted octanol–water partition coefficient (Wildman–Crippen LogP) is 3.78. The van der Waals surface area contributed by atoms with Crippen LogP contribution < -0.4 is 0 Å². The number of hydrogen-bond donors (Lipinski definition) is 1. The van der Waals surface area contributed by atoms with Crippen molar-refractivity contribution in [3.63, 3.8) is 0 Å². The van der Waals surface area contributed by atoms with Gasteiger partial charge in [-0.15, -0.1) is 11.3 Å². The molecule has 0 aliphatic rings. The third-order valence-corrected chi connectivity index (χ3v) is 4.85. The molecule has 4 nitrogen and oxygen atoms in total. The number of aryl methyl sites for hydroxylation is 1. The molecule has 7 heteroatoms. The van der Waals surface area contributed by atoms with Crippen molar-refractivity contribution < 1.29 is 9.90 Å². The van der Waals surface area contributed by atoms with E-state index in [9.17, 15) is 4.79 Å². The van der Waals surface area contributed by atoms with Gasteiger partial charge < -0.3 is 5.11 Å². The Morgan fingerprint density at radius 3 is 2.89 bits per heavy atom. The second-order valence-corrected chi connectivity index (χ2v) is 6.26. The third-order valence-electron chi connectivity index (χ3n) is 2.61. The van der Waals surface area contributed by atoms with E-state index in [1.807, 2.05) is 17.6 Å². The lowest BCUT2D eigenvalue weighted by Gasteiger charge is -1.91. The summed E-state index contributed by atoms with van der Waals surface area (Å²) in [6, 6.07) is 1.85. The van der Waals surface area contributed by atoms with Crippen molar-refractivity contribution in [2.24, 2.45) is 0 Å². The molecule has 0 fully saturated rings. The van der Waals surface area contributed by atoms with Crippen LogP contribution in [0.3, 0.4) is 0 Å². The molecular formula is C11H7ClN2O2S2. The molecule has 0 aliphatic carbocycles. The highest BCUT2D eigenvalue weighted by molar-refractivity contribution is 7.19. The molecule has 0 aliphatic heterocycles. The third kappa shape index (κ3) is 1.73. The van der Waals surface area contributed by atoms with Crippen molar-refractivity contribution in [3.8, 4) is 11.3 Å². The fraction of sp³-hybridized carbons (Fsp3) is 0.0909. The molecule has 3 heterocycles. The second-order valence-electron chi connectivity index (χ2n) is 3.74. The monoisotopic (exact) mass is 298 g/mol. The Kier molecular flexibility index (Phi) is 2.65. The summed E-state index contributed by atoms with van der Waals surface area (Å²) >= 11 is 8.52. The Morgan fingerprint density at radius 1 is 1.56 bits per heavy atom. The van der Waals surface area contributed by atoms with E-state index in [1.165, 1.54) is 22.7 Å². The quantitative estimate of drug-likeness (QED) is 0.783. The zero-order chi connectivity index (χ0) is 12.9. The minimum atomic E-state index is -0.914. The van der Waals surface area contributed by atoms with Gasteiger partial charge in [0.25, 0.3) is 0 Å². The molecule has 0 radical (unpaired) electrons. The molecule has 0 atom stereocenters. The number of carbonyl (C=O) groups is 1. The fourth-order valence-corrected chi connectivity index (χ4v) is 3.55. The number of rotatable bonds is 2. The molecule has 3 aromatic rings. The number of imidazole rings is 1. The van der Waals surface area contributed by atoms with Crippen LogP contribution in [-0.2, 0) is 0 Å². The van der Waals surface area contributed by atoms with E-state index in [1.54, 1.807) is 11.3 Å². The van der Waals surface area contributed by atoms with Crippen molar-refractivity contribution in [1.82, 2.24) is 9.38 Å². The van der Waals surface area contributed by atoms with Crippen LogP contribution in [0.4, 0.5) is 0 Å². The highest BCUT2D eigenvalue weighted by atomic mass is 35.5. The summed E-state index contributed by atoms with van der Waals surface area (Å²) < 4.78 is 2.51. The average Bonchev–Trinajstić information content (AvgIpc) is 2.95. The highest BCUT2D eigenvalue weighted by Gasteiger charge is 2.17. The molecule has 3 rings (SSSR count). The van der Waals surface area contributed by atoms with E-state index >= 15 is 0 Å². The molecule has 92 valence electrons. The maximum absolute atomic E-state index is 11.0. The van der Waals surface area contributed by atoms with E-state index in [0.717, 1.165) is 11.3 Å². The number of aromatic nitrogens is 2. The van der Waals surface area contributed by atoms with Crippen molar-refractivity contribution in [3.05, 3.63) is 32.6 Å². The van der Waals surface area contributed by atoms with E-state index < -0.39 is 5.97 Å². The summed E-state index contributed by atoms with van der Waals surface area (Å²) in [5.74, 6) is -0.914. The Hall–Kier alpha value is -1.37. The van der Waals surface area contributed by atoms with Crippen LogP contribution in [0, 0.1) is 6.92 Å². The number of thiazole rings is 1. The number of carboxylic acid groups (broad SMARTS) is 1. The van der Waals surface area contributed by atoms with Crippen molar-refractivity contribution in [1.29, 1.82) is 0 Å². The Balaban J connectivity index is 2.16. The van der Waals surface area contributed by atoms with E-state index in [4.69, 9.17) is 16.7 Å². The van der Waals surface area contributed by atoms with Gasteiger partial charge in [0.15, 0.2) is 4.96 Å². The van der Waals surface area contributed by atoms with E-state index in [-0.39, 0.29) is 0 Å². The molecule has 3 aromatic heterocycles. The molecule has 0 aromatic carbocycles. The zero-order valence-electron chi connectivity index (χ0n) is 9.18. The van der Waals surface area contributed by atoms with Crippen molar-refractivity contribution >= 4 is 45.2 Å². The molecule has 0 amide bonds. The van der Waals surface area contributed by atoms with Gasteiger partial charge in [0.1, 0.15) is 4.88 Å². The summed E-state index contributed by atoms with van der Waals surface area (Å²) in [6.07, 6.45) is 1.84. The first kappa shape index (κ1) is 11.7. The minimum Gasteiger partial charge on any atom is -0.477 e. The second kappa shape index (κ2) is 4.08. The van der Waals surface area contributed by atoms with Gasteiger partial charge in [-0.2, -0.15) is 0 Å². The Morgan fingerprint density at radius 2 is 2.33 bits per heavy atom. The highest BCUT2D eigenvalue weighted by Crippen LogP contribution is 2.31. The molecule has 0 saturated carbocycles. The van der Waals surface area contributed by atoms with E-state index in [0.29, 0.717) is 19.9 Å². The lowest BCUT2D eigenvalue weighted by molar-refractivity contribution is 0.0701. The molecule has 18 heavy (non-hydrogen) atoms. The van der Waals surface area contributed by atoms with Gasteiger partial charge >= 0.3 is 5.97 Å². The topological polar surface area (TPSA) is 54.6 Å². The van der Waals surface area contributed by atoms with Crippen molar-refractivity contribution in [2.75, 3.05) is 0 Å². The number of fused-ring (bicyclic) bond motifs is 1. The van der Waals surface area contributed by atoms with Gasteiger partial charge in [-0.25, -0.2) is 9.78 Å². The van der Waals surface area contributed by atoms with Crippen LogP contribution in [0.5, 0.6) is 0 Å². The molecule has 0 bridgehead atoms. The fourth-order valence-electron chi connectivity index (χ4n) is 1.73. The number of carboxylic acids is 1. The van der Waals surface area contributed by atoms with Crippen LogP contribution >= 0.6 is 34.3 Å². The van der Waals surface area contributed by atoms with Crippen LogP contribution in [0.15, 0.2) is 17.6 Å². The van der Waals surface area contributed by atoms with Gasteiger partial charge in [0, 0.05) is 22.8 Å². The van der Waals surface area contributed by atoms with Crippen LogP contribution in [0.1, 0.15) is 15.4 Å². The molecule has 0 saturated heterocycles. The lowest BCUT2D eigenvalue weighted by Crippen LogP contribution is -1.96.